The van der Waals surface area contributed by atoms with Crippen LogP contribution < -0.4 is 10.2 Å². The van der Waals surface area contributed by atoms with Gasteiger partial charge in [0.1, 0.15) is 17.6 Å². The second kappa shape index (κ2) is 25.1. The van der Waals surface area contributed by atoms with Gasteiger partial charge in [-0.1, -0.05) is 18.2 Å². The fourth-order valence-electron chi connectivity index (χ4n) is 6.33. The fourth-order valence-corrected chi connectivity index (χ4v) is 6.33. The third kappa shape index (κ3) is 14.0. The monoisotopic (exact) mass is 800 g/mol. The number of nitrogens with zero attached hydrogens (tertiary/aromatic N) is 6. The Bertz CT molecular complexity index is 1980. The Hall–Kier alpha value is -5.20. The van der Waals surface area contributed by atoms with Gasteiger partial charge in [-0.2, -0.15) is 22.1 Å². The number of aliphatic hydroxyl groups excluding tert-OH is 1. The van der Waals surface area contributed by atoms with Gasteiger partial charge in [-0.3, -0.25) is 19.9 Å². The number of hydrogen-bond acceptors (Lipinski definition) is 11. The molecule has 2 saturated heterocycles. The summed E-state index contributed by atoms with van der Waals surface area (Å²) in [5.74, 6) is -0.317. The van der Waals surface area contributed by atoms with Crippen molar-refractivity contribution in [3.63, 3.8) is 0 Å². The number of carbonyl (C=O) groups is 1. The van der Waals surface area contributed by atoms with Crippen LogP contribution in [0.15, 0.2) is 88.6 Å². The Labute approximate surface area is 339 Å². The highest BCUT2D eigenvalue weighted by Gasteiger charge is 2.25. The van der Waals surface area contributed by atoms with Crippen molar-refractivity contribution in [3.05, 3.63) is 107 Å². The minimum absolute atomic E-state index is 0.210. The molecular formula is C43H54F2N8O3S. The highest BCUT2D eigenvalue weighted by molar-refractivity contribution is 7.97. The zero-order valence-electron chi connectivity index (χ0n) is 33.3. The second-order valence-corrected chi connectivity index (χ2v) is 13.9. The topological polar surface area (TPSA) is 142 Å². The van der Waals surface area contributed by atoms with E-state index in [4.69, 9.17) is 15.1 Å². The predicted octanol–water partition coefficient (Wildman–Crippen LogP) is 7.86. The molecule has 0 aliphatic carbocycles. The molecule has 14 heteroatoms. The number of fused-ring (bicyclic) bond motifs is 1. The molecule has 304 valence electrons. The molecule has 0 radical (unpaired) electrons. The lowest BCUT2D eigenvalue weighted by Gasteiger charge is -2.37. The number of aldehydes is 1. The number of hydrogen-bond donors (Lipinski definition) is 3. The number of ether oxygens (including phenoxy) is 1. The molecule has 3 heterocycles. The van der Waals surface area contributed by atoms with Gasteiger partial charge in [0, 0.05) is 68.7 Å². The molecule has 4 aromatic rings. The summed E-state index contributed by atoms with van der Waals surface area (Å²) in [5.41, 5.74) is 5.31. The molecule has 1 atom stereocenters. The van der Waals surface area contributed by atoms with Crippen LogP contribution in [-0.4, -0.2) is 112 Å². The average Bonchev–Trinajstić information content (AvgIpc) is 3.72. The Balaban J connectivity index is 0.000000424. The van der Waals surface area contributed by atoms with Gasteiger partial charge in [0.05, 0.1) is 35.3 Å². The van der Waals surface area contributed by atoms with E-state index in [1.807, 2.05) is 55.0 Å². The number of aromatic amines is 1. The Morgan fingerprint density at radius 3 is 2.47 bits per heavy atom. The van der Waals surface area contributed by atoms with Crippen molar-refractivity contribution < 1.29 is 23.4 Å². The molecule has 3 aromatic carbocycles. The molecule has 57 heavy (non-hydrogen) atoms. The third-order valence-electron chi connectivity index (χ3n) is 9.45. The summed E-state index contributed by atoms with van der Waals surface area (Å²) in [6.07, 6.45) is 16.0. The number of benzene rings is 3. The van der Waals surface area contributed by atoms with Gasteiger partial charge in [0.25, 0.3) is 0 Å². The number of carbonyl (C=O) groups excluding carboxylic acids is 1. The largest absolute Gasteiger partial charge is 0.400 e. The van der Waals surface area contributed by atoms with Crippen LogP contribution >= 0.6 is 11.8 Å². The molecule has 0 amide bonds. The van der Waals surface area contributed by atoms with Crippen LogP contribution in [0, 0.1) is 28.9 Å². The summed E-state index contributed by atoms with van der Waals surface area (Å²) < 4.78 is 33.0. The van der Waals surface area contributed by atoms with Crippen molar-refractivity contribution >= 4 is 59.4 Å². The summed E-state index contributed by atoms with van der Waals surface area (Å²) in [6, 6.07) is 15.3. The number of aliphatic hydroxyl groups is 1. The SMILES string of the molecule is C=N/C(=C\C=C/Cc1ccc(C#N)cc1F)C1CCN(CCN(CC2CCO2)c2ccc(C=O)cc2N=C)CC1.CNc1cc(F)c2[nH]ncc2c1.CO.CSC. The first-order chi connectivity index (χ1) is 27.8. The Morgan fingerprint density at radius 1 is 1.14 bits per heavy atom. The number of thioether (sulfide) groups is 1. The number of aromatic nitrogens is 2. The Kier molecular flexibility index (Phi) is 20.4. The van der Waals surface area contributed by atoms with Gasteiger partial charge in [-0.25, -0.2) is 8.78 Å². The molecule has 2 fully saturated rings. The Morgan fingerprint density at radius 2 is 1.88 bits per heavy atom. The lowest BCUT2D eigenvalue weighted by molar-refractivity contribution is -0.0446. The number of anilines is 2. The van der Waals surface area contributed by atoms with E-state index in [1.54, 1.807) is 43.2 Å². The molecule has 6 rings (SSSR count). The zero-order chi connectivity index (χ0) is 41.6. The van der Waals surface area contributed by atoms with E-state index in [0.29, 0.717) is 40.2 Å². The zero-order valence-corrected chi connectivity index (χ0v) is 34.1. The molecule has 0 bridgehead atoms. The summed E-state index contributed by atoms with van der Waals surface area (Å²) in [6.45, 7) is 12.7. The molecule has 1 unspecified atom stereocenters. The lowest BCUT2D eigenvalue weighted by atomic mass is 9.93. The van der Waals surface area contributed by atoms with Crippen LogP contribution in [0.1, 0.15) is 40.7 Å². The van der Waals surface area contributed by atoms with Crippen molar-refractivity contribution in [2.45, 2.75) is 31.8 Å². The molecule has 1 aromatic heterocycles. The first-order valence-corrected chi connectivity index (χ1v) is 20.2. The number of nitrogens with one attached hydrogen (secondary N) is 2. The van der Waals surface area contributed by atoms with Crippen molar-refractivity contribution in [2.24, 2.45) is 15.9 Å². The summed E-state index contributed by atoms with van der Waals surface area (Å²) in [7, 11) is 2.75. The molecule has 0 spiro atoms. The molecular weight excluding hydrogens is 747 g/mol. The minimum atomic E-state index is -0.365. The van der Waals surface area contributed by atoms with E-state index in [2.05, 4.69) is 48.7 Å². The van der Waals surface area contributed by atoms with Crippen LogP contribution in [0.25, 0.3) is 10.9 Å². The number of allylic oxidation sites excluding steroid dienone is 4. The van der Waals surface area contributed by atoms with E-state index in [-0.39, 0.29) is 17.7 Å². The summed E-state index contributed by atoms with van der Waals surface area (Å²) in [5, 5.41) is 25.9. The van der Waals surface area contributed by atoms with E-state index in [9.17, 15) is 13.6 Å². The summed E-state index contributed by atoms with van der Waals surface area (Å²) in [4.78, 5) is 24.5. The van der Waals surface area contributed by atoms with E-state index >= 15 is 0 Å². The van der Waals surface area contributed by atoms with Crippen LogP contribution in [0.3, 0.4) is 0 Å². The highest BCUT2D eigenvalue weighted by atomic mass is 32.2. The summed E-state index contributed by atoms with van der Waals surface area (Å²) >= 11 is 1.75. The number of likely N-dealkylation sites (tertiary alicyclic amines) is 1. The minimum Gasteiger partial charge on any atom is -0.400 e. The van der Waals surface area contributed by atoms with Crippen molar-refractivity contribution in [1.29, 1.82) is 5.26 Å². The number of H-pyrrole nitrogens is 1. The van der Waals surface area contributed by atoms with Gasteiger partial charge >= 0.3 is 0 Å². The number of rotatable bonds is 14. The maximum Gasteiger partial charge on any atom is 0.150 e. The quantitative estimate of drug-likeness (QED) is 0.0660. The van der Waals surface area contributed by atoms with Crippen LogP contribution in [0.4, 0.5) is 25.8 Å². The molecule has 11 nitrogen and oxygen atoms in total. The highest BCUT2D eigenvalue weighted by Crippen LogP contribution is 2.31. The van der Waals surface area contributed by atoms with E-state index in [1.165, 1.54) is 12.1 Å². The third-order valence-corrected chi connectivity index (χ3v) is 9.45. The van der Waals surface area contributed by atoms with Gasteiger partial charge in [0.2, 0.25) is 0 Å². The first kappa shape index (κ1) is 46.2. The standard InChI is InChI=1S/C32H36FN5O2.C8H8FN3.C2H6S.CH4O/c1-35-30(6-4-3-5-26-9-7-24(21-34)19-29(26)33)27-11-14-37(15-12-27)16-17-38(22-28-13-18-40-28)32-10-8-25(23-39)20-31(32)36-2;1-10-6-2-5-4-11-12-8(5)7(9)3-6;1-3-2;1-2/h3-4,6-10,19-20,23,27-28H,1-2,5,11-18,22H2;2-4,10H,1H3,(H,11,12);1-2H3;2H,1H3/b4-3-,30-6-;;;. The maximum atomic E-state index is 14.1. The maximum absolute atomic E-state index is 14.1. The second-order valence-electron chi connectivity index (χ2n) is 13.1. The van der Waals surface area contributed by atoms with Crippen LogP contribution in [0.2, 0.25) is 0 Å². The number of nitriles is 1. The predicted molar refractivity (Wildman–Crippen MR) is 232 cm³/mol. The van der Waals surface area contributed by atoms with Gasteiger partial charge < -0.3 is 25.0 Å². The average molecular weight is 801 g/mol. The van der Waals surface area contributed by atoms with Gasteiger partial charge in [-0.15, -0.1) is 0 Å². The molecule has 2 aliphatic rings. The van der Waals surface area contributed by atoms with E-state index in [0.717, 1.165) is 94.4 Å². The molecule has 3 N–H and O–H groups in total. The van der Waals surface area contributed by atoms with Crippen LogP contribution in [-0.2, 0) is 11.2 Å². The van der Waals surface area contributed by atoms with Gasteiger partial charge in [0.15, 0.2) is 5.82 Å². The normalized spacial score (nSPS) is 15.4. The van der Waals surface area contributed by atoms with Gasteiger partial charge in [-0.05, 0) is 119 Å². The number of piperidine rings is 1. The number of aliphatic imine (C=N–C) groups is 2. The molecule has 0 saturated carbocycles. The smallest absolute Gasteiger partial charge is 0.150 e. The van der Waals surface area contributed by atoms with E-state index < -0.39 is 0 Å². The fraction of sp³-hybridized carbons (Fsp3) is 0.372. The lowest BCUT2D eigenvalue weighted by Crippen LogP contribution is -2.44. The van der Waals surface area contributed by atoms with Crippen LogP contribution in [0.5, 0.6) is 0 Å². The van der Waals surface area contributed by atoms with Crippen molar-refractivity contribution in [1.82, 2.24) is 15.1 Å². The first-order valence-electron chi connectivity index (χ1n) is 18.6. The molecule has 2 aliphatic heterocycles. The number of halogens is 2. The van der Waals surface area contributed by atoms with Crippen molar-refractivity contribution in [2.75, 3.05) is 76.2 Å². The van der Waals surface area contributed by atoms with Crippen molar-refractivity contribution in [3.8, 4) is 6.07 Å².